The van der Waals surface area contributed by atoms with Gasteiger partial charge in [0.1, 0.15) is 17.5 Å². The molecule has 1 aromatic heterocycles. The van der Waals surface area contributed by atoms with Gasteiger partial charge in [0.2, 0.25) is 0 Å². The van der Waals surface area contributed by atoms with E-state index >= 15 is 0 Å². The minimum atomic E-state index is 0.229. The number of hydrogen-bond acceptors (Lipinski definition) is 5. The van der Waals surface area contributed by atoms with Crippen LogP contribution in [-0.2, 0) is 6.42 Å². The smallest absolute Gasteiger partial charge is 0.134 e. The molecule has 16 heavy (non-hydrogen) atoms. The minimum Gasteiger partial charge on any atom is -0.396 e. The Hall–Kier alpha value is -1.36. The Bertz CT molecular complexity index is 341. The molecule has 1 heterocycles. The summed E-state index contributed by atoms with van der Waals surface area (Å²) in [5.41, 5.74) is 6.69. The molecule has 0 radical (unpaired) electrons. The van der Waals surface area contributed by atoms with Crippen LogP contribution >= 0.6 is 0 Å². The molecule has 90 valence electrons. The van der Waals surface area contributed by atoms with E-state index in [0.29, 0.717) is 5.82 Å². The van der Waals surface area contributed by atoms with Crippen molar-refractivity contribution in [1.82, 2.24) is 9.97 Å². The van der Waals surface area contributed by atoms with E-state index in [0.717, 1.165) is 43.0 Å². The van der Waals surface area contributed by atoms with Gasteiger partial charge in [-0.05, 0) is 19.8 Å². The van der Waals surface area contributed by atoms with Gasteiger partial charge in [-0.2, -0.15) is 0 Å². The molecule has 1 aromatic rings. The van der Waals surface area contributed by atoms with E-state index in [1.807, 2.05) is 13.8 Å². The number of anilines is 2. The van der Waals surface area contributed by atoms with Gasteiger partial charge in [0, 0.05) is 25.1 Å². The SMILES string of the molecule is CCc1nc(N)c(C)c(NCCCCO)n1. The summed E-state index contributed by atoms with van der Waals surface area (Å²) in [7, 11) is 0. The number of nitrogens with two attached hydrogens (primary N) is 1. The van der Waals surface area contributed by atoms with Crippen LogP contribution in [0.4, 0.5) is 11.6 Å². The molecular formula is C11H20N4O. The van der Waals surface area contributed by atoms with E-state index in [1.165, 1.54) is 0 Å². The summed E-state index contributed by atoms with van der Waals surface area (Å²) in [6, 6.07) is 0. The van der Waals surface area contributed by atoms with Crippen LogP contribution in [0.1, 0.15) is 31.2 Å². The van der Waals surface area contributed by atoms with Crippen molar-refractivity contribution >= 4 is 11.6 Å². The number of aliphatic hydroxyl groups excluding tert-OH is 1. The van der Waals surface area contributed by atoms with Gasteiger partial charge in [-0.25, -0.2) is 9.97 Å². The zero-order valence-corrected chi connectivity index (χ0v) is 9.95. The van der Waals surface area contributed by atoms with Gasteiger partial charge < -0.3 is 16.2 Å². The van der Waals surface area contributed by atoms with E-state index < -0.39 is 0 Å². The van der Waals surface area contributed by atoms with E-state index in [2.05, 4.69) is 15.3 Å². The van der Waals surface area contributed by atoms with Gasteiger partial charge in [0.15, 0.2) is 0 Å². The van der Waals surface area contributed by atoms with Crippen molar-refractivity contribution in [2.45, 2.75) is 33.1 Å². The third-order valence-corrected chi connectivity index (χ3v) is 2.42. The first-order valence-corrected chi connectivity index (χ1v) is 5.66. The fourth-order valence-electron chi connectivity index (χ4n) is 1.36. The first-order chi connectivity index (χ1) is 7.69. The highest BCUT2D eigenvalue weighted by atomic mass is 16.2. The first-order valence-electron chi connectivity index (χ1n) is 5.66. The normalized spacial score (nSPS) is 10.4. The summed E-state index contributed by atoms with van der Waals surface area (Å²) < 4.78 is 0. The summed E-state index contributed by atoms with van der Waals surface area (Å²) in [4.78, 5) is 8.57. The number of nitrogens with zero attached hydrogens (tertiary/aromatic N) is 2. The number of aryl methyl sites for hydroxylation is 1. The Labute approximate surface area is 96.1 Å². The number of hydrogen-bond donors (Lipinski definition) is 3. The third-order valence-electron chi connectivity index (χ3n) is 2.42. The highest BCUT2D eigenvalue weighted by Crippen LogP contribution is 2.17. The standard InChI is InChI=1S/C11H20N4O/c1-3-9-14-10(12)8(2)11(15-9)13-6-4-5-7-16/h16H,3-7H2,1-2H3,(H3,12,13,14,15). The molecule has 5 nitrogen and oxygen atoms in total. The average molecular weight is 224 g/mol. The lowest BCUT2D eigenvalue weighted by Crippen LogP contribution is -2.10. The van der Waals surface area contributed by atoms with Gasteiger partial charge >= 0.3 is 0 Å². The van der Waals surface area contributed by atoms with E-state index in [1.54, 1.807) is 0 Å². The fourth-order valence-corrected chi connectivity index (χ4v) is 1.36. The maximum atomic E-state index is 8.67. The molecule has 0 bridgehead atoms. The Kier molecular flexibility index (Phi) is 4.98. The predicted octanol–water partition coefficient (Wildman–Crippen LogP) is 1.11. The summed E-state index contributed by atoms with van der Waals surface area (Å²) in [6.45, 7) is 4.93. The first kappa shape index (κ1) is 12.7. The van der Waals surface area contributed by atoms with Crippen LogP contribution in [-0.4, -0.2) is 28.2 Å². The summed E-state index contributed by atoms with van der Waals surface area (Å²) in [5, 5.41) is 11.9. The van der Waals surface area contributed by atoms with Crippen LogP contribution in [0.5, 0.6) is 0 Å². The van der Waals surface area contributed by atoms with Gasteiger partial charge in [0.05, 0.1) is 0 Å². The minimum absolute atomic E-state index is 0.229. The lowest BCUT2D eigenvalue weighted by atomic mass is 10.2. The largest absolute Gasteiger partial charge is 0.396 e. The van der Waals surface area contributed by atoms with Crippen molar-refractivity contribution < 1.29 is 5.11 Å². The van der Waals surface area contributed by atoms with Crippen LogP contribution in [0.3, 0.4) is 0 Å². The van der Waals surface area contributed by atoms with Gasteiger partial charge in [-0.1, -0.05) is 6.92 Å². The molecule has 0 saturated carbocycles. The topological polar surface area (TPSA) is 84.1 Å². The maximum Gasteiger partial charge on any atom is 0.134 e. The maximum absolute atomic E-state index is 8.67. The molecule has 0 atom stereocenters. The van der Waals surface area contributed by atoms with Crippen molar-refractivity contribution in [3.63, 3.8) is 0 Å². The number of nitrogen functional groups attached to an aromatic ring is 1. The lowest BCUT2D eigenvalue weighted by molar-refractivity contribution is 0.286. The monoisotopic (exact) mass is 224 g/mol. The van der Waals surface area contributed by atoms with Crippen LogP contribution in [0.15, 0.2) is 0 Å². The zero-order valence-electron chi connectivity index (χ0n) is 9.95. The third kappa shape index (κ3) is 3.34. The zero-order chi connectivity index (χ0) is 12.0. The Morgan fingerprint density at radius 2 is 2.06 bits per heavy atom. The quantitative estimate of drug-likeness (QED) is 0.630. The molecule has 5 heteroatoms. The molecule has 0 amide bonds. The highest BCUT2D eigenvalue weighted by molar-refractivity contribution is 5.54. The molecular weight excluding hydrogens is 204 g/mol. The lowest BCUT2D eigenvalue weighted by Gasteiger charge is -2.11. The van der Waals surface area contributed by atoms with Gasteiger partial charge in [-0.3, -0.25) is 0 Å². The molecule has 0 spiro atoms. The number of rotatable bonds is 6. The van der Waals surface area contributed by atoms with Crippen molar-refractivity contribution in [2.75, 3.05) is 24.2 Å². The molecule has 0 aromatic carbocycles. The summed E-state index contributed by atoms with van der Waals surface area (Å²) >= 11 is 0. The van der Waals surface area contributed by atoms with Crippen molar-refractivity contribution in [2.24, 2.45) is 0 Å². The van der Waals surface area contributed by atoms with E-state index in [9.17, 15) is 0 Å². The van der Waals surface area contributed by atoms with Crippen LogP contribution in [0.25, 0.3) is 0 Å². The molecule has 0 saturated heterocycles. The van der Waals surface area contributed by atoms with Crippen LogP contribution in [0, 0.1) is 6.92 Å². The second kappa shape index (κ2) is 6.27. The van der Waals surface area contributed by atoms with Gasteiger partial charge in [0.25, 0.3) is 0 Å². The second-order valence-electron chi connectivity index (χ2n) is 3.71. The van der Waals surface area contributed by atoms with Crippen molar-refractivity contribution in [1.29, 1.82) is 0 Å². The van der Waals surface area contributed by atoms with E-state index in [4.69, 9.17) is 10.8 Å². The highest BCUT2D eigenvalue weighted by Gasteiger charge is 2.06. The Morgan fingerprint density at radius 3 is 2.69 bits per heavy atom. The second-order valence-corrected chi connectivity index (χ2v) is 3.71. The molecule has 0 aliphatic carbocycles. The van der Waals surface area contributed by atoms with Crippen molar-refractivity contribution in [3.8, 4) is 0 Å². The average Bonchev–Trinajstić information content (AvgIpc) is 2.29. The molecule has 1 rings (SSSR count). The van der Waals surface area contributed by atoms with Crippen LogP contribution in [0.2, 0.25) is 0 Å². The number of unbranched alkanes of at least 4 members (excludes halogenated alkanes) is 1. The molecule has 0 unspecified atom stereocenters. The Morgan fingerprint density at radius 1 is 1.31 bits per heavy atom. The fraction of sp³-hybridized carbons (Fsp3) is 0.636. The predicted molar refractivity (Wildman–Crippen MR) is 65.4 cm³/mol. The van der Waals surface area contributed by atoms with Gasteiger partial charge in [-0.15, -0.1) is 0 Å². The van der Waals surface area contributed by atoms with E-state index in [-0.39, 0.29) is 6.61 Å². The molecule has 4 N–H and O–H groups in total. The van der Waals surface area contributed by atoms with Crippen molar-refractivity contribution in [3.05, 3.63) is 11.4 Å². The number of aliphatic hydroxyl groups is 1. The number of nitrogens with one attached hydrogen (secondary N) is 1. The number of aromatic nitrogens is 2. The van der Waals surface area contributed by atoms with Crippen LogP contribution < -0.4 is 11.1 Å². The molecule has 0 aliphatic rings. The molecule has 0 aliphatic heterocycles. The summed E-state index contributed by atoms with van der Waals surface area (Å²) in [6.07, 6.45) is 2.49. The summed E-state index contributed by atoms with van der Waals surface area (Å²) in [5.74, 6) is 2.10. The Balaban J connectivity index is 2.66. The molecule has 0 fully saturated rings.